The molecule has 0 unspecified atom stereocenters. The molecule has 0 saturated heterocycles. The highest BCUT2D eigenvalue weighted by Gasteiger charge is 2.02. The van der Waals surface area contributed by atoms with Gasteiger partial charge < -0.3 is 5.11 Å². The first kappa shape index (κ1) is 10.5. The summed E-state index contributed by atoms with van der Waals surface area (Å²) in [5.41, 5.74) is 0.960. The Morgan fingerprint density at radius 3 is 3.14 bits per heavy atom. The van der Waals surface area contributed by atoms with Crippen LogP contribution in [-0.2, 0) is 11.2 Å². The van der Waals surface area contributed by atoms with Crippen LogP contribution in [0.1, 0.15) is 16.9 Å². The van der Waals surface area contributed by atoms with E-state index in [1.807, 2.05) is 23.6 Å². The Kier molecular flexibility index (Phi) is 3.89. The smallest absolute Gasteiger partial charge is 0.308 e. The van der Waals surface area contributed by atoms with E-state index in [1.165, 1.54) is 11.3 Å². The lowest BCUT2D eigenvalue weighted by Crippen LogP contribution is -1.97. The SMILES string of the molecule is N#CCC=Cc1csc(CC(=O)O)c1. The van der Waals surface area contributed by atoms with E-state index in [2.05, 4.69) is 0 Å². The summed E-state index contributed by atoms with van der Waals surface area (Å²) in [5.74, 6) is -0.820. The monoisotopic (exact) mass is 207 g/mol. The first-order valence-electron chi connectivity index (χ1n) is 4.05. The van der Waals surface area contributed by atoms with Crippen LogP contribution in [0.5, 0.6) is 0 Å². The third kappa shape index (κ3) is 3.42. The van der Waals surface area contributed by atoms with Crippen LogP contribution in [0.4, 0.5) is 0 Å². The third-order valence-electron chi connectivity index (χ3n) is 1.52. The predicted octanol–water partition coefficient (Wildman–Crippen LogP) is 2.30. The van der Waals surface area contributed by atoms with E-state index >= 15 is 0 Å². The highest BCUT2D eigenvalue weighted by atomic mass is 32.1. The van der Waals surface area contributed by atoms with Crippen molar-refractivity contribution in [3.05, 3.63) is 28.0 Å². The van der Waals surface area contributed by atoms with Gasteiger partial charge in [0.25, 0.3) is 0 Å². The largest absolute Gasteiger partial charge is 0.481 e. The molecular formula is C10H9NO2S. The fourth-order valence-corrected chi connectivity index (χ4v) is 1.82. The number of aliphatic carboxylic acids is 1. The van der Waals surface area contributed by atoms with Gasteiger partial charge in [-0.3, -0.25) is 4.79 Å². The maximum absolute atomic E-state index is 10.4. The van der Waals surface area contributed by atoms with Gasteiger partial charge in [-0.1, -0.05) is 12.2 Å². The molecule has 1 N–H and O–H groups in total. The summed E-state index contributed by atoms with van der Waals surface area (Å²) in [6.45, 7) is 0. The number of allylic oxidation sites excluding steroid dienone is 1. The maximum Gasteiger partial charge on any atom is 0.308 e. The van der Waals surface area contributed by atoms with E-state index in [0.717, 1.165) is 10.4 Å². The van der Waals surface area contributed by atoms with Crippen molar-refractivity contribution < 1.29 is 9.90 Å². The summed E-state index contributed by atoms with van der Waals surface area (Å²) in [7, 11) is 0. The summed E-state index contributed by atoms with van der Waals surface area (Å²) < 4.78 is 0. The second-order valence-electron chi connectivity index (χ2n) is 2.68. The van der Waals surface area contributed by atoms with Gasteiger partial charge in [-0.25, -0.2) is 0 Å². The van der Waals surface area contributed by atoms with Crippen molar-refractivity contribution in [3.8, 4) is 6.07 Å². The number of carboxylic acid groups (broad SMARTS) is 1. The number of carboxylic acids is 1. The highest BCUT2D eigenvalue weighted by Crippen LogP contribution is 2.16. The van der Waals surface area contributed by atoms with Gasteiger partial charge in [-0.15, -0.1) is 11.3 Å². The quantitative estimate of drug-likeness (QED) is 0.824. The molecule has 1 rings (SSSR count). The van der Waals surface area contributed by atoms with Gasteiger partial charge >= 0.3 is 5.97 Å². The topological polar surface area (TPSA) is 61.1 Å². The Balaban J connectivity index is 2.60. The second-order valence-corrected chi connectivity index (χ2v) is 3.68. The van der Waals surface area contributed by atoms with Crippen molar-refractivity contribution >= 4 is 23.4 Å². The molecule has 0 atom stereocenters. The van der Waals surface area contributed by atoms with Gasteiger partial charge in [0.15, 0.2) is 0 Å². The Bertz CT molecular complexity index is 387. The van der Waals surface area contributed by atoms with E-state index in [0.29, 0.717) is 6.42 Å². The Labute approximate surface area is 85.9 Å². The fraction of sp³-hybridized carbons (Fsp3) is 0.200. The summed E-state index contributed by atoms with van der Waals surface area (Å²) in [4.78, 5) is 11.2. The first-order valence-corrected chi connectivity index (χ1v) is 4.93. The zero-order valence-corrected chi connectivity index (χ0v) is 8.25. The van der Waals surface area contributed by atoms with Crippen molar-refractivity contribution in [3.63, 3.8) is 0 Å². The molecule has 1 heterocycles. The first-order chi connectivity index (χ1) is 6.72. The minimum Gasteiger partial charge on any atom is -0.481 e. The van der Waals surface area contributed by atoms with Gasteiger partial charge in [0, 0.05) is 4.88 Å². The maximum atomic E-state index is 10.4. The highest BCUT2D eigenvalue weighted by molar-refractivity contribution is 7.10. The molecule has 0 saturated carbocycles. The van der Waals surface area contributed by atoms with Crippen molar-refractivity contribution in [2.45, 2.75) is 12.8 Å². The molecule has 14 heavy (non-hydrogen) atoms. The van der Waals surface area contributed by atoms with Gasteiger partial charge in [0.2, 0.25) is 0 Å². The van der Waals surface area contributed by atoms with Gasteiger partial charge in [0.05, 0.1) is 18.9 Å². The minimum absolute atomic E-state index is 0.0662. The number of nitrogens with zero attached hydrogens (tertiary/aromatic N) is 1. The number of hydrogen-bond donors (Lipinski definition) is 1. The van der Waals surface area contributed by atoms with Crippen LogP contribution in [0.3, 0.4) is 0 Å². The molecule has 1 aromatic rings. The normalized spacial score (nSPS) is 10.2. The lowest BCUT2D eigenvalue weighted by atomic mass is 10.2. The van der Waals surface area contributed by atoms with Crippen molar-refractivity contribution in [2.75, 3.05) is 0 Å². The van der Waals surface area contributed by atoms with Crippen molar-refractivity contribution in [1.29, 1.82) is 5.26 Å². The molecule has 0 aliphatic carbocycles. The average Bonchev–Trinajstić information content (AvgIpc) is 2.52. The fourth-order valence-electron chi connectivity index (χ4n) is 0.975. The molecule has 0 aromatic carbocycles. The predicted molar refractivity (Wildman–Crippen MR) is 54.9 cm³/mol. The summed E-state index contributed by atoms with van der Waals surface area (Å²) >= 11 is 1.42. The molecule has 0 spiro atoms. The molecule has 0 bridgehead atoms. The number of rotatable bonds is 4. The van der Waals surface area contributed by atoms with E-state index in [-0.39, 0.29) is 6.42 Å². The summed E-state index contributed by atoms with van der Waals surface area (Å²) in [5, 5.41) is 18.7. The second kappa shape index (κ2) is 5.20. The number of hydrogen-bond acceptors (Lipinski definition) is 3. The zero-order chi connectivity index (χ0) is 10.4. The van der Waals surface area contributed by atoms with Crippen LogP contribution in [0.2, 0.25) is 0 Å². The van der Waals surface area contributed by atoms with Gasteiger partial charge in [-0.05, 0) is 17.0 Å². The molecule has 1 aromatic heterocycles. The minimum atomic E-state index is -0.820. The standard InChI is InChI=1S/C10H9NO2S/c11-4-2-1-3-8-5-9(14-7-8)6-10(12)13/h1,3,5,7H,2,6H2,(H,12,13). The zero-order valence-electron chi connectivity index (χ0n) is 7.43. The van der Waals surface area contributed by atoms with Crippen molar-refractivity contribution in [2.24, 2.45) is 0 Å². The molecule has 3 nitrogen and oxygen atoms in total. The molecule has 0 radical (unpaired) electrons. The lowest BCUT2D eigenvalue weighted by molar-refractivity contribution is -0.136. The summed E-state index contributed by atoms with van der Waals surface area (Å²) in [6, 6.07) is 3.83. The van der Waals surface area contributed by atoms with Crippen LogP contribution in [0.15, 0.2) is 17.5 Å². The van der Waals surface area contributed by atoms with Crippen LogP contribution in [0.25, 0.3) is 6.08 Å². The molecule has 72 valence electrons. The average molecular weight is 207 g/mol. The van der Waals surface area contributed by atoms with E-state index < -0.39 is 5.97 Å². The molecule has 0 amide bonds. The van der Waals surface area contributed by atoms with Crippen LogP contribution < -0.4 is 0 Å². The molecule has 0 aliphatic rings. The molecule has 4 heteroatoms. The van der Waals surface area contributed by atoms with Crippen molar-refractivity contribution in [1.82, 2.24) is 0 Å². The molecule has 0 aliphatic heterocycles. The number of nitriles is 1. The molecular weight excluding hydrogens is 198 g/mol. The Hall–Kier alpha value is -1.60. The third-order valence-corrected chi connectivity index (χ3v) is 2.47. The summed E-state index contributed by atoms with van der Waals surface area (Å²) in [6.07, 6.45) is 4.03. The lowest BCUT2D eigenvalue weighted by Gasteiger charge is -1.86. The van der Waals surface area contributed by atoms with E-state index in [4.69, 9.17) is 10.4 Å². The van der Waals surface area contributed by atoms with Crippen LogP contribution in [0, 0.1) is 11.3 Å². The van der Waals surface area contributed by atoms with E-state index in [1.54, 1.807) is 6.08 Å². The van der Waals surface area contributed by atoms with Gasteiger partial charge in [-0.2, -0.15) is 5.26 Å². The number of carbonyl (C=O) groups is 1. The number of thiophene rings is 1. The Morgan fingerprint density at radius 1 is 1.71 bits per heavy atom. The van der Waals surface area contributed by atoms with Crippen LogP contribution in [-0.4, -0.2) is 11.1 Å². The van der Waals surface area contributed by atoms with Crippen LogP contribution >= 0.6 is 11.3 Å². The Morgan fingerprint density at radius 2 is 2.50 bits per heavy atom. The van der Waals surface area contributed by atoms with E-state index in [9.17, 15) is 4.79 Å². The molecule has 0 fully saturated rings. The van der Waals surface area contributed by atoms with Gasteiger partial charge in [0.1, 0.15) is 0 Å².